The van der Waals surface area contributed by atoms with Gasteiger partial charge >= 0.3 is 0 Å². The van der Waals surface area contributed by atoms with Gasteiger partial charge in [0.15, 0.2) is 0 Å². The van der Waals surface area contributed by atoms with Gasteiger partial charge in [-0.3, -0.25) is 0 Å². The Morgan fingerprint density at radius 3 is 2.78 bits per heavy atom. The lowest BCUT2D eigenvalue weighted by Gasteiger charge is -2.30. The minimum atomic E-state index is -0.182. The Hall–Kier alpha value is -1.01. The lowest BCUT2D eigenvalue weighted by Crippen LogP contribution is -2.34. The van der Waals surface area contributed by atoms with Crippen LogP contribution in [0.15, 0.2) is 6.20 Å². The summed E-state index contributed by atoms with van der Waals surface area (Å²) in [6.45, 7) is 2.18. The molecule has 5 nitrogen and oxygen atoms in total. The van der Waals surface area contributed by atoms with E-state index in [1.807, 2.05) is 11.8 Å². The first kappa shape index (κ1) is 13.4. The van der Waals surface area contributed by atoms with Crippen molar-refractivity contribution in [2.45, 2.75) is 30.6 Å². The Labute approximate surface area is 111 Å². The van der Waals surface area contributed by atoms with Crippen LogP contribution in [0.2, 0.25) is 0 Å². The number of rotatable bonds is 4. The Morgan fingerprint density at radius 1 is 1.44 bits per heavy atom. The maximum atomic E-state index is 6.36. The molecule has 2 heterocycles. The second-order valence-electron chi connectivity index (χ2n) is 4.55. The smallest absolute Gasteiger partial charge is 0.240 e. The highest BCUT2D eigenvalue weighted by molar-refractivity contribution is 8.00. The molecule has 0 aromatic carbocycles. The molecule has 1 aromatic heterocycles. The molecule has 0 amide bonds. The van der Waals surface area contributed by atoms with Gasteiger partial charge in [-0.25, -0.2) is 4.98 Å². The van der Waals surface area contributed by atoms with E-state index in [0.717, 1.165) is 12.2 Å². The van der Waals surface area contributed by atoms with E-state index in [1.165, 1.54) is 6.42 Å². The van der Waals surface area contributed by atoms with Crippen LogP contribution in [0.3, 0.4) is 0 Å². The SMILES string of the molecule is COc1cnc(C(N)C2(C)CCCS2)c(OC)n1. The third-order valence-electron chi connectivity index (χ3n) is 3.35. The number of nitrogens with zero attached hydrogens (tertiary/aromatic N) is 2. The molecule has 1 aliphatic heterocycles. The summed E-state index contributed by atoms with van der Waals surface area (Å²) in [6.07, 6.45) is 3.87. The summed E-state index contributed by atoms with van der Waals surface area (Å²) < 4.78 is 10.3. The molecule has 2 atom stereocenters. The van der Waals surface area contributed by atoms with Crippen LogP contribution in [-0.2, 0) is 0 Å². The fourth-order valence-corrected chi connectivity index (χ4v) is 3.50. The molecule has 0 bridgehead atoms. The van der Waals surface area contributed by atoms with E-state index in [0.29, 0.717) is 17.5 Å². The molecule has 1 aliphatic rings. The van der Waals surface area contributed by atoms with Gasteiger partial charge in [-0.2, -0.15) is 16.7 Å². The highest BCUT2D eigenvalue weighted by Crippen LogP contribution is 2.46. The number of aromatic nitrogens is 2. The molecular weight excluding hydrogens is 250 g/mol. The lowest BCUT2D eigenvalue weighted by molar-refractivity contribution is 0.348. The van der Waals surface area contributed by atoms with Crippen molar-refractivity contribution in [1.82, 2.24) is 9.97 Å². The Morgan fingerprint density at radius 2 is 2.22 bits per heavy atom. The number of nitrogens with two attached hydrogens (primary N) is 1. The summed E-state index contributed by atoms with van der Waals surface area (Å²) in [7, 11) is 3.13. The molecule has 6 heteroatoms. The number of thioether (sulfide) groups is 1. The molecule has 0 aliphatic carbocycles. The Kier molecular flexibility index (Phi) is 3.97. The van der Waals surface area contributed by atoms with Crippen molar-refractivity contribution >= 4 is 11.8 Å². The van der Waals surface area contributed by atoms with Crippen LogP contribution in [0.1, 0.15) is 31.5 Å². The van der Waals surface area contributed by atoms with Crippen LogP contribution in [0.25, 0.3) is 0 Å². The largest absolute Gasteiger partial charge is 0.480 e. The first-order chi connectivity index (χ1) is 8.60. The van der Waals surface area contributed by atoms with Gasteiger partial charge in [0.2, 0.25) is 11.8 Å². The zero-order valence-corrected chi connectivity index (χ0v) is 11.8. The average Bonchev–Trinajstić information content (AvgIpc) is 2.85. The minimum absolute atomic E-state index is 0.0105. The highest BCUT2D eigenvalue weighted by Gasteiger charge is 2.39. The van der Waals surface area contributed by atoms with Gasteiger partial charge in [0.25, 0.3) is 0 Å². The van der Waals surface area contributed by atoms with Crippen LogP contribution < -0.4 is 15.2 Å². The van der Waals surface area contributed by atoms with Crippen molar-refractivity contribution in [3.05, 3.63) is 11.9 Å². The van der Waals surface area contributed by atoms with Gasteiger partial charge in [-0.05, 0) is 25.5 Å². The Balaban J connectivity index is 2.32. The number of hydrogen-bond acceptors (Lipinski definition) is 6. The predicted octanol–water partition coefficient (Wildman–Crippen LogP) is 1.78. The van der Waals surface area contributed by atoms with Crippen molar-refractivity contribution in [2.24, 2.45) is 5.73 Å². The molecule has 1 fully saturated rings. The third-order valence-corrected chi connectivity index (χ3v) is 4.96. The highest BCUT2D eigenvalue weighted by atomic mass is 32.2. The van der Waals surface area contributed by atoms with Crippen LogP contribution in [0, 0.1) is 0 Å². The third kappa shape index (κ3) is 2.40. The van der Waals surface area contributed by atoms with Crippen molar-refractivity contribution < 1.29 is 9.47 Å². The topological polar surface area (TPSA) is 70.3 Å². The van der Waals surface area contributed by atoms with E-state index in [1.54, 1.807) is 20.4 Å². The van der Waals surface area contributed by atoms with Crippen molar-refractivity contribution in [2.75, 3.05) is 20.0 Å². The van der Waals surface area contributed by atoms with Gasteiger partial charge in [0.1, 0.15) is 5.69 Å². The fourth-order valence-electron chi connectivity index (χ4n) is 2.16. The zero-order valence-electron chi connectivity index (χ0n) is 11.0. The standard InChI is InChI=1S/C12H19N3O2S/c1-12(5-4-6-18-12)10(13)9-11(17-3)15-8(16-2)7-14-9/h7,10H,4-6,13H2,1-3H3. The molecule has 2 unspecified atom stereocenters. The summed E-state index contributed by atoms with van der Waals surface area (Å²) in [4.78, 5) is 8.60. The normalized spacial score (nSPS) is 24.9. The molecule has 0 spiro atoms. The summed E-state index contributed by atoms with van der Waals surface area (Å²) in [5.41, 5.74) is 7.06. The van der Waals surface area contributed by atoms with Crippen LogP contribution >= 0.6 is 11.8 Å². The fraction of sp³-hybridized carbons (Fsp3) is 0.667. The number of methoxy groups -OCH3 is 2. The van der Waals surface area contributed by atoms with E-state index < -0.39 is 0 Å². The average molecular weight is 269 g/mol. The molecule has 18 heavy (non-hydrogen) atoms. The molecule has 2 N–H and O–H groups in total. The van der Waals surface area contributed by atoms with E-state index in [4.69, 9.17) is 15.2 Å². The van der Waals surface area contributed by atoms with Crippen LogP contribution in [-0.4, -0.2) is 34.7 Å². The zero-order chi connectivity index (χ0) is 13.2. The quantitative estimate of drug-likeness (QED) is 0.898. The first-order valence-corrected chi connectivity index (χ1v) is 6.94. The number of hydrogen-bond donors (Lipinski definition) is 1. The van der Waals surface area contributed by atoms with Gasteiger partial charge in [-0.1, -0.05) is 0 Å². The Bertz CT molecular complexity index is 422. The summed E-state index contributed by atoms with van der Waals surface area (Å²) in [6, 6.07) is -0.182. The second-order valence-corrected chi connectivity index (χ2v) is 6.18. The number of ether oxygens (including phenoxy) is 2. The second kappa shape index (κ2) is 5.32. The van der Waals surface area contributed by atoms with Gasteiger partial charge < -0.3 is 15.2 Å². The maximum absolute atomic E-state index is 6.36. The van der Waals surface area contributed by atoms with Crippen molar-refractivity contribution in [1.29, 1.82) is 0 Å². The van der Waals surface area contributed by atoms with E-state index in [9.17, 15) is 0 Å². The summed E-state index contributed by atoms with van der Waals surface area (Å²) in [5.74, 6) is 2.04. The monoisotopic (exact) mass is 269 g/mol. The molecule has 2 rings (SSSR count). The van der Waals surface area contributed by atoms with E-state index in [-0.39, 0.29) is 10.8 Å². The van der Waals surface area contributed by atoms with Gasteiger partial charge in [0.05, 0.1) is 26.5 Å². The minimum Gasteiger partial charge on any atom is -0.480 e. The van der Waals surface area contributed by atoms with E-state index in [2.05, 4.69) is 16.9 Å². The van der Waals surface area contributed by atoms with Gasteiger partial charge in [-0.15, -0.1) is 0 Å². The molecule has 1 aromatic rings. The maximum Gasteiger partial charge on any atom is 0.240 e. The summed E-state index contributed by atoms with van der Waals surface area (Å²) in [5, 5.41) is 0. The van der Waals surface area contributed by atoms with Crippen LogP contribution in [0.4, 0.5) is 0 Å². The predicted molar refractivity (Wildman–Crippen MR) is 72.2 cm³/mol. The van der Waals surface area contributed by atoms with Crippen LogP contribution in [0.5, 0.6) is 11.8 Å². The van der Waals surface area contributed by atoms with Crippen molar-refractivity contribution in [3.8, 4) is 11.8 Å². The summed E-state index contributed by atoms with van der Waals surface area (Å²) >= 11 is 1.90. The molecule has 0 radical (unpaired) electrons. The van der Waals surface area contributed by atoms with Crippen molar-refractivity contribution in [3.63, 3.8) is 0 Å². The lowest BCUT2D eigenvalue weighted by atomic mass is 9.94. The molecule has 100 valence electrons. The van der Waals surface area contributed by atoms with Gasteiger partial charge in [0, 0.05) is 4.75 Å². The molecular formula is C12H19N3O2S. The molecule has 0 saturated carbocycles. The molecule has 1 saturated heterocycles. The first-order valence-electron chi connectivity index (χ1n) is 5.95. The van der Waals surface area contributed by atoms with E-state index >= 15 is 0 Å².